The van der Waals surface area contributed by atoms with Gasteiger partial charge in [-0.2, -0.15) is 0 Å². The maximum absolute atomic E-state index is 5.73. The molecule has 0 aliphatic carbocycles. The largest absolute Gasteiger partial charge is 0.496 e. The third kappa shape index (κ3) is 4.51. The first-order chi connectivity index (χ1) is 9.05. The number of methoxy groups -OCH3 is 1. The molecule has 1 atom stereocenters. The molecule has 1 rings (SSSR count). The highest BCUT2D eigenvalue weighted by Crippen LogP contribution is 2.30. The number of nitrogens with one attached hydrogen (secondary N) is 1. The van der Waals surface area contributed by atoms with E-state index < -0.39 is 0 Å². The van der Waals surface area contributed by atoms with Crippen molar-refractivity contribution in [2.24, 2.45) is 11.7 Å². The van der Waals surface area contributed by atoms with E-state index in [1.807, 2.05) is 12.1 Å². The van der Waals surface area contributed by atoms with Crippen LogP contribution in [0.4, 0.5) is 0 Å². The van der Waals surface area contributed by atoms with Gasteiger partial charge >= 0.3 is 0 Å². The van der Waals surface area contributed by atoms with Gasteiger partial charge in [-0.1, -0.05) is 45.4 Å². The molecule has 0 bridgehead atoms. The van der Waals surface area contributed by atoms with Crippen molar-refractivity contribution in [3.8, 4) is 5.75 Å². The first kappa shape index (κ1) is 16.0. The van der Waals surface area contributed by atoms with E-state index in [4.69, 9.17) is 10.5 Å². The maximum Gasteiger partial charge on any atom is 0.122 e. The second-order valence-corrected chi connectivity index (χ2v) is 5.73. The predicted molar refractivity (Wildman–Crippen MR) is 81.7 cm³/mol. The lowest BCUT2D eigenvalue weighted by Gasteiger charge is -2.28. The second-order valence-electron chi connectivity index (χ2n) is 5.73. The Balaban J connectivity index is 2.65. The van der Waals surface area contributed by atoms with Crippen LogP contribution in [0.3, 0.4) is 0 Å². The minimum absolute atomic E-state index is 0.0412. The first-order valence-electron chi connectivity index (χ1n) is 7.09. The molecule has 0 aliphatic heterocycles. The third-order valence-corrected chi connectivity index (χ3v) is 3.75. The molecule has 1 unspecified atom stereocenters. The average molecular weight is 264 g/mol. The number of hydrogen-bond acceptors (Lipinski definition) is 3. The molecule has 1 aromatic rings. The summed E-state index contributed by atoms with van der Waals surface area (Å²) in [6.07, 6.45) is 1.12. The van der Waals surface area contributed by atoms with Crippen molar-refractivity contribution in [1.82, 2.24) is 5.32 Å². The Kier molecular flexibility index (Phi) is 6.32. The SMILES string of the molecule is CCC(CN)CNCC(C)(C)c1ccccc1OC. The van der Waals surface area contributed by atoms with E-state index in [-0.39, 0.29) is 5.41 Å². The van der Waals surface area contributed by atoms with Gasteiger partial charge in [-0.3, -0.25) is 0 Å². The molecular weight excluding hydrogens is 236 g/mol. The van der Waals surface area contributed by atoms with Crippen molar-refractivity contribution >= 4 is 0 Å². The summed E-state index contributed by atoms with van der Waals surface area (Å²) in [7, 11) is 1.73. The smallest absolute Gasteiger partial charge is 0.122 e. The molecule has 0 saturated carbocycles. The van der Waals surface area contributed by atoms with Gasteiger partial charge in [0.25, 0.3) is 0 Å². The topological polar surface area (TPSA) is 47.3 Å². The number of ether oxygens (including phenoxy) is 1. The molecule has 3 heteroatoms. The zero-order valence-corrected chi connectivity index (χ0v) is 12.7. The van der Waals surface area contributed by atoms with E-state index in [0.717, 1.165) is 31.8 Å². The fourth-order valence-electron chi connectivity index (χ4n) is 2.28. The van der Waals surface area contributed by atoms with E-state index in [1.165, 1.54) is 5.56 Å². The summed E-state index contributed by atoms with van der Waals surface area (Å²) in [5.74, 6) is 1.52. The quantitative estimate of drug-likeness (QED) is 0.758. The summed E-state index contributed by atoms with van der Waals surface area (Å²) in [6.45, 7) is 9.31. The molecule has 0 spiro atoms. The summed E-state index contributed by atoms with van der Waals surface area (Å²) in [5, 5.41) is 3.54. The van der Waals surface area contributed by atoms with Gasteiger partial charge in [0.05, 0.1) is 7.11 Å². The molecule has 0 radical (unpaired) electrons. The van der Waals surface area contributed by atoms with Gasteiger partial charge in [0, 0.05) is 17.5 Å². The number of nitrogens with two attached hydrogens (primary N) is 1. The fourth-order valence-corrected chi connectivity index (χ4v) is 2.28. The lowest BCUT2D eigenvalue weighted by molar-refractivity contribution is 0.376. The Bertz CT molecular complexity index is 373. The third-order valence-electron chi connectivity index (χ3n) is 3.75. The summed E-state index contributed by atoms with van der Waals surface area (Å²) < 4.78 is 5.45. The zero-order valence-electron chi connectivity index (χ0n) is 12.7. The highest BCUT2D eigenvalue weighted by molar-refractivity contribution is 5.39. The highest BCUT2D eigenvalue weighted by Gasteiger charge is 2.23. The van der Waals surface area contributed by atoms with E-state index in [9.17, 15) is 0 Å². The molecule has 0 fully saturated rings. The molecule has 0 heterocycles. The van der Waals surface area contributed by atoms with Gasteiger partial charge in [0.2, 0.25) is 0 Å². The van der Waals surface area contributed by atoms with Crippen LogP contribution >= 0.6 is 0 Å². The first-order valence-corrected chi connectivity index (χ1v) is 7.09. The lowest BCUT2D eigenvalue weighted by atomic mass is 9.83. The van der Waals surface area contributed by atoms with Crippen LogP contribution in [-0.2, 0) is 5.41 Å². The molecule has 0 aromatic heterocycles. The number of para-hydroxylation sites is 1. The van der Waals surface area contributed by atoms with Crippen molar-refractivity contribution in [2.75, 3.05) is 26.7 Å². The maximum atomic E-state index is 5.73. The Morgan fingerprint density at radius 1 is 1.32 bits per heavy atom. The second kappa shape index (κ2) is 7.51. The zero-order chi connectivity index (χ0) is 14.3. The molecule has 3 N–H and O–H groups in total. The fraction of sp³-hybridized carbons (Fsp3) is 0.625. The molecule has 0 amide bonds. The Hall–Kier alpha value is -1.06. The standard InChI is InChI=1S/C16H28N2O/c1-5-13(10-17)11-18-12-16(2,3)14-8-6-7-9-15(14)19-4/h6-9,13,18H,5,10-12,17H2,1-4H3. The molecule has 19 heavy (non-hydrogen) atoms. The van der Waals surface area contributed by atoms with Gasteiger partial charge in [0.15, 0.2) is 0 Å². The highest BCUT2D eigenvalue weighted by atomic mass is 16.5. The molecular formula is C16H28N2O. The summed E-state index contributed by atoms with van der Waals surface area (Å²) >= 11 is 0. The van der Waals surface area contributed by atoms with Crippen LogP contribution in [0, 0.1) is 5.92 Å². The minimum Gasteiger partial charge on any atom is -0.496 e. The number of benzene rings is 1. The van der Waals surface area contributed by atoms with Crippen LogP contribution in [0.15, 0.2) is 24.3 Å². The monoisotopic (exact) mass is 264 g/mol. The summed E-state index contributed by atoms with van der Waals surface area (Å²) in [6, 6.07) is 8.23. The van der Waals surface area contributed by atoms with Gasteiger partial charge in [-0.25, -0.2) is 0 Å². The van der Waals surface area contributed by atoms with Crippen LogP contribution < -0.4 is 15.8 Å². The van der Waals surface area contributed by atoms with Crippen LogP contribution in [0.1, 0.15) is 32.8 Å². The summed E-state index contributed by atoms with van der Waals surface area (Å²) in [5.41, 5.74) is 7.01. The Labute approximate surface area is 117 Å². The Morgan fingerprint density at radius 3 is 2.58 bits per heavy atom. The molecule has 0 aliphatic rings. The molecule has 0 saturated heterocycles. The van der Waals surface area contributed by atoms with Crippen LogP contribution in [-0.4, -0.2) is 26.7 Å². The van der Waals surface area contributed by atoms with Crippen molar-refractivity contribution in [1.29, 1.82) is 0 Å². The number of rotatable bonds is 8. The van der Waals surface area contributed by atoms with Crippen LogP contribution in [0.2, 0.25) is 0 Å². The molecule has 3 nitrogen and oxygen atoms in total. The van der Waals surface area contributed by atoms with Gasteiger partial charge < -0.3 is 15.8 Å². The minimum atomic E-state index is 0.0412. The molecule has 108 valence electrons. The predicted octanol–water partition coefficient (Wildman–Crippen LogP) is 2.55. The van der Waals surface area contributed by atoms with Crippen molar-refractivity contribution in [3.05, 3.63) is 29.8 Å². The van der Waals surface area contributed by atoms with Crippen LogP contribution in [0.25, 0.3) is 0 Å². The van der Waals surface area contributed by atoms with E-state index in [1.54, 1.807) is 7.11 Å². The van der Waals surface area contributed by atoms with E-state index >= 15 is 0 Å². The van der Waals surface area contributed by atoms with E-state index in [2.05, 4.69) is 38.2 Å². The average Bonchev–Trinajstić information content (AvgIpc) is 2.43. The van der Waals surface area contributed by atoms with Crippen molar-refractivity contribution < 1.29 is 4.74 Å². The normalized spacial score (nSPS) is 13.3. The van der Waals surface area contributed by atoms with Gasteiger partial charge in [-0.05, 0) is 25.1 Å². The summed E-state index contributed by atoms with van der Waals surface area (Å²) in [4.78, 5) is 0. The van der Waals surface area contributed by atoms with Gasteiger partial charge in [-0.15, -0.1) is 0 Å². The van der Waals surface area contributed by atoms with Gasteiger partial charge in [0.1, 0.15) is 5.75 Å². The van der Waals surface area contributed by atoms with Crippen molar-refractivity contribution in [2.45, 2.75) is 32.6 Å². The van der Waals surface area contributed by atoms with E-state index in [0.29, 0.717) is 5.92 Å². The van der Waals surface area contributed by atoms with Crippen LogP contribution in [0.5, 0.6) is 5.75 Å². The number of hydrogen-bond donors (Lipinski definition) is 2. The lowest BCUT2D eigenvalue weighted by Crippen LogP contribution is -2.37. The molecule has 1 aromatic carbocycles. The Morgan fingerprint density at radius 2 is 2.00 bits per heavy atom. The van der Waals surface area contributed by atoms with Crippen molar-refractivity contribution in [3.63, 3.8) is 0 Å².